The van der Waals surface area contributed by atoms with Gasteiger partial charge in [0.2, 0.25) is 11.8 Å². The summed E-state index contributed by atoms with van der Waals surface area (Å²) in [6.45, 7) is 1.99. The first kappa shape index (κ1) is 13.5. The highest BCUT2D eigenvalue weighted by Gasteiger charge is 2.30. The first-order valence-electron chi connectivity index (χ1n) is 5.58. The Hall–Kier alpha value is -1.59. The molecule has 0 spiro atoms. The van der Waals surface area contributed by atoms with E-state index in [9.17, 15) is 14.4 Å². The molecule has 96 valence electrons. The number of nitrogens with one attached hydrogen (secondary N) is 1. The van der Waals surface area contributed by atoms with E-state index in [-0.39, 0.29) is 30.2 Å². The zero-order valence-electron chi connectivity index (χ0n) is 10.4. The average molecular weight is 242 g/mol. The molecule has 0 bridgehead atoms. The number of ether oxygens (including phenoxy) is 1. The third kappa shape index (κ3) is 3.44. The summed E-state index contributed by atoms with van der Waals surface area (Å²) >= 11 is 0. The van der Waals surface area contributed by atoms with Gasteiger partial charge in [0.25, 0.3) is 0 Å². The fourth-order valence-electron chi connectivity index (χ4n) is 1.84. The van der Waals surface area contributed by atoms with E-state index in [0.717, 1.165) is 0 Å². The lowest BCUT2D eigenvalue weighted by Gasteiger charge is -2.23. The molecule has 0 saturated carbocycles. The van der Waals surface area contributed by atoms with Crippen molar-refractivity contribution < 1.29 is 19.1 Å². The molecule has 2 unspecified atom stereocenters. The smallest absolute Gasteiger partial charge is 0.310 e. The van der Waals surface area contributed by atoms with Gasteiger partial charge >= 0.3 is 5.97 Å². The minimum atomic E-state index is -0.447. The molecule has 0 aromatic carbocycles. The summed E-state index contributed by atoms with van der Waals surface area (Å²) in [5.41, 5.74) is 0. The SMILES string of the molecule is COC(=O)C(C)CN(C)C(=O)C1CCC(=O)N1. The van der Waals surface area contributed by atoms with E-state index in [4.69, 9.17) is 0 Å². The van der Waals surface area contributed by atoms with Crippen LogP contribution in [0.5, 0.6) is 0 Å². The number of nitrogens with zero attached hydrogens (tertiary/aromatic N) is 1. The number of rotatable bonds is 4. The molecule has 6 heteroatoms. The van der Waals surface area contributed by atoms with E-state index in [1.165, 1.54) is 12.0 Å². The van der Waals surface area contributed by atoms with Gasteiger partial charge < -0.3 is 15.0 Å². The van der Waals surface area contributed by atoms with Crippen molar-refractivity contribution in [1.29, 1.82) is 0 Å². The number of carbonyl (C=O) groups is 3. The predicted octanol–water partition coefficient (Wildman–Crippen LogP) is -0.467. The molecule has 2 amide bonds. The molecule has 0 radical (unpaired) electrons. The number of amides is 2. The molecular weight excluding hydrogens is 224 g/mol. The lowest BCUT2D eigenvalue weighted by Crippen LogP contribution is -2.44. The minimum absolute atomic E-state index is 0.0993. The van der Waals surface area contributed by atoms with Gasteiger partial charge in [0.1, 0.15) is 6.04 Å². The molecule has 6 nitrogen and oxygen atoms in total. The molecule has 17 heavy (non-hydrogen) atoms. The van der Waals surface area contributed by atoms with Gasteiger partial charge in [-0.2, -0.15) is 0 Å². The Labute approximate surface area is 100 Å². The van der Waals surface area contributed by atoms with E-state index >= 15 is 0 Å². The minimum Gasteiger partial charge on any atom is -0.469 e. The van der Waals surface area contributed by atoms with Crippen LogP contribution in [-0.2, 0) is 19.1 Å². The summed E-state index contributed by atoms with van der Waals surface area (Å²) in [5.74, 6) is -0.976. The quantitative estimate of drug-likeness (QED) is 0.676. The van der Waals surface area contributed by atoms with Crippen molar-refractivity contribution in [3.63, 3.8) is 0 Å². The zero-order valence-corrected chi connectivity index (χ0v) is 10.4. The molecular formula is C11H18N2O4. The van der Waals surface area contributed by atoms with Crippen molar-refractivity contribution >= 4 is 17.8 Å². The molecule has 1 aliphatic heterocycles. The molecule has 1 rings (SSSR count). The van der Waals surface area contributed by atoms with Gasteiger partial charge in [0.15, 0.2) is 0 Å². The second-order valence-electron chi connectivity index (χ2n) is 4.30. The van der Waals surface area contributed by atoms with Crippen LogP contribution in [0.25, 0.3) is 0 Å². The summed E-state index contributed by atoms with van der Waals surface area (Å²) in [7, 11) is 2.93. The summed E-state index contributed by atoms with van der Waals surface area (Å²) < 4.78 is 4.59. The van der Waals surface area contributed by atoms with Crippen molar-refractivity contribution in [1.82, 2.24) is 10.2 Å². The molecule has 1 saturated heterocycles. The number of hydrogen-bond donors (Lipinski definition) is 1. The van der Waals surface area contributed by atoms with Crippen LogP contribution in [0.2, 0.25) is 0 Å². The van der Waals surface area contributed by atoms with Crippen LogP contribution in [0.15, 0.2) is 0 Å². The number of likely N-dealkylation sites (N-methyl/N-ethyl adjacent to an activating group) is 1. The maximum absolute atomic E-state index is 11.9. The van der Waals surface area contributed by atoms with Crippen molar-refractivity contribution in [2.45, 2.75) is 25.8 Å². The van der Waals surface area contributed by atoms with Crippen molar-refractivity contribution in [3.8, 4) is 0 Å². The standard InChI is InChI=1S/C11H18N2O4/c1-7(11(16)17-3)6-13(2)10(15)8-4-5-9(14)12-8/h7-8H,4-6H2,1-3H3,(H,12,14). The molecule has 0 aromatic heterocycles. The summed E-state index contributed by atoms with van der Waals surface area (Å²) in [4.78, 5) is 35.6. The van der Waals surface area contributed by atoms with Crippen LogP contribution in [0.4, 0.5) is 0 Å². The molecule has 1 aliphatic rings. The Kier molecular flexibility index (Phi) is 4.48. The van der Waals surface area contributed by atoms with Crippen LogP contribution >= 0.6 is 0 Å². The van der Waals surface area contributed by atoms with Crippen molar-refractivity contribution in [3.05, 3.63) is 0 Å². The Bertz CT molecular complexity index is 329. The van der Waals surface area contributed by atoms with Gasteiger partial charge in [0, 0.05) is 20.0 Å². The molecule has 1 N–H and O–H groups in total. The third-order valence-corrected chi connectivity index (χ3v) is 2.82. The second kappa shape index (κ2) is 5.65. The largest absolute Gasteiger partial charge is 0.469 e. The van der Waals surface area contributed by atoms with Crippen LogP contribution < -0.4 is 5.32 Å². The normalized spacial score (nSPS) is 20.6. The maximum Gasteiger partial charge on any atom is 0.310 e. The maximum atomic E-state index is 11.9. The lowest BCUT2D eigenvalue weighted by molar-refractivity contribution is -0.146. The third-order valence-electron chi connectivity index (χ3n) is 2.82. The van der Waals surface area contributed by atoms with Gasteiger partial charge in [-0.05, 0) is 6.42 Å². The number of carbonyl (C=O) groups excluding carboxylic acids is 3. The topological polar surface area (TPSA) is 75.7 Å². The van der Waals surface area contributed by atoms with Gasteiger partial charge in [0.05, 0.1) is 13.0 Å². The van der Waals surface area contributed by atoms with Gasteiger partial charge in [-0.1, -0.05) is 6.92 Å². The van der Waals surface area contributed by atoms with Crippen LogP contribution in [0.1, 0.15) is 19.8 Å². The Morgan fingerprint density at radius 1 is 1.59 bits per heavy atom. The first-order chi connectivity index (χ1) is 7.95. The summed E-state index contributed by atoms with van der Waals surface area (Å²) in [6, 6.07) is -0.447. The predicted molar refractivity (Wildman–Crippen MR) is 60.0 cm³/mol. The van der Waals surface area contributed by atoms with E-state index in [1.807, 2.05) is 0 Å². The molecule has 1 heterocycles. The Morgan fingerprint density at radius 2 is 2.24 bits per heavy atom. The Morgan fingerprint density at radius 3 is 2.71 bits per heavy atom. The highest BCUT2D eigenvalue weighted by molar-refractivity contribution is 5.90. The fourth-order valence-corrected chi connectivity index (χ4v) is 1.84. The monoisotopic (exact) mass is 242 g/mol. The Balaban J connectivity index is 2.47. The lowest BCUT2D eigenvalue weighted by atomic mass is 10.1. The van der Waals surface area contributed by atoms with E-state index < -0.39 is 6.04 Å². The highest BCUT2D eigenvalue weighted by atomic mass is 16.5. The van der Waals surface area contributed by atoms with Crippen molar-refractivity contribution in [2.24, 2.45) is 5.92 Å². The second-order valence-corrected chi connectivity index (χ2v) is 4.30. The molecule has 2 atom stereocenters. The molecule has 0 aromatic rings. The van der Waals surface area contributed by atoms with Crippen molar-refractivity contribution in [2.75, 3.05) is 20.7 Å². The van der Waals surface area contributed by atoms with E-state index in [0.29, 0.717) is 12.8 Å². The van der Waals surface area contributed by atoms with Crippen LogP contribution in [0, 0.1) is 5.92 Å². The number of methoxy groups -OCH3 is 1. The highest BCUT2D eigenvalue weighted by Crippen LogP contribution is 2.10. The zero-order chi connectivity index (χ0) is 13.0. The summed E-state index contributed by atoms with van der Waals surface area (Å²) in [6.07, 6.45) is 0.908. The molecule has 0 aliphatic carbocycles. The summed E-state index contributed by atoms with van der Waals surface area (Å²) in [5, 5.41) is 2.60. The average Bonchev–Trinajstić information content (AvgIpc) is 2.73. The van der Waals surface area contributed by atoms with Gasteiger partial charge in [-0.3, -0.25) is 14.4 Å². The van der Waals surface area contributed by atoms with Crippen LogP contribution in [-0.4, -0.2) is 49.4 Å². The van der Waals surface area contributed by atoms with E-state index in [2.05, 4.69) is 10.1 Å². The van der Waals surface area contributed by atoms with Gasteiger partial charge in [-0.15, -0.1) is 0 Å². The first-order valence-corrected chi connectivity index (χ1v) is 5.58. The van der Waals surface area contributed by atoms with Crippen LogP contribution in [0.3, 0.4) is 0 Å². The fraction of sp³-hybridized carbons (Fsp3) is 0.727. The number of esters is 1. The van der Waals surface area contributed by atoms with Gasteiger partial charge in [-0.25, -0.2) is 0 Å². The number of hydrogen-bond acceptors (Lipinski definition) is 4. The molecule has 1 fully saturated rings. The van der Waals surface area contributed by atoms with E-state index in [1.54, 1.807) is 14.0 Å².